The second-order valence-electron chi connectivity index (χ2n) is 7.79. The lowest BCUT2D eigenvalue weighted by Gasteiger charge is -2.56. The van der Waals surface area contributed by atoms with Crippen molar-refractivity contribution in [1.29, 1.82) is 0 Å². The minimum Gasteiger partial charge on any atom is -0.483 e. The molecule has 7 heteroatoms. The van der Waals surface area contributed by atoms with E-state index in [0.29, 0.717) is 23.6 Å². The van der Waals surface area contributed by atoms with Gasteiger partial charge in [0.05, 0.1) is 6.61 Å². The van der Waals surface area contributed by atoms with E-state index >= 15 is 0 Å². The third-order valence-electron chi connectivity index (χ3n) is 6.31. The van der Waals surface area contributed by atoms with Gasteiger partial charge < -0.3 is 15.1 Å². The Hall–Kier alpha value is -1.99. The molecule has 0 unspecified atom stereocenters. The molecule has 0 saturated carbocycles. The fourth-order valence-electron chi connectivity index (χ4n) is 5.18. The first-order chi connectivity index (χ1) is 13.1. The normalized spacial score (nSPS) is 29.9. The van der Waals surface area contributed by atoms with E-state index in [1.165, 1.54) is 19.3 Å². The van der Waals surface area contributed by atoms with Gasteiger partial charge in [0.25, 0.3) is 12.4 Å². The molecule has 27 heavy (non-hydrogen) atoms. The Kier molecular flexibility index (Phi) is 6.44. The van der Waals surface area contributed by atoms with Crippen molar-refractivity contribution in [2.45, 2.75) is 44.7 Å². The number of hydrogen-bond acceptors (Lipinski definition) is 5. The quantitative estimate of drug-likeness (QED) is 0.759. The lowest BCUT2D eigenvalue weighted by Crippen LogP contribution is -2.65. The summed E-state index contributed by atoms with van der Waals surface area (Å²) in [4.78, 5) is 30.2. The van der Waals surface area contributed by atoms with Crippen LogP contribution in [-0.2, 0) is 4.79 Å². The van der Waals surface area contributed by atoms with Crippen LogP contribution >= 0.6 is 0 Å². The number of aromatic nitrogens is 1. The van der Waals surface area contributed by atoms with Gasteiger partial charge in [0.2, 0.25) is 0 Å². The predicted octanol–water partition coefficient (Wildman–Crippen LogP) is 1.40. The van der Waals surface area contributed by atoms with Gasteiger partial charge in [-0.15, -0.1) is 0 Å². The molecular weight excluding hydrogens is 346 g/mol. The Bertz CT molecular complexity index is 654. The number of pyridine rings is 1. The number of rotatable bonds is 2. The van der Waals surface area contributed by atoms with Gasteiger partial charge >= 0.3 is 0 Å². The van der Waals surface area contributed by atoms with Crippen molar-refractivity contribution in [2.24, 2.45) is 11.8 Å². The number of amides is 1. The molecular formula is C20H29N3O4. The number of hydrogen-bond donors (Lipinski definition) is 2. The molecule has 2 N–H and O–H groups in total. The molecule has 2 bridgehead atoms. The van der Waals surface area contributed by atoms with Crippen LogP contribution in [-0.4, -0.2) is 75.7 Å². The Balaban J connectivity index is 0.000000659. The number of aryl methyl sites for hydroxylation is 1. The van der Waals surface area contributed by atoms with Crippen LogP contribution in [0.4, 0.5) is 0 Å². The summed E-state index contributed by atoms with van der Waals surface area (Å²) in [6.45, 7) is 4.60. The van der Waals surface area contributed by atoms with E-state index in [0.717, 1.165) is 31.6 Å². The maximum Gasteiger partial charge on any atom is 0.290 e. The van der Waals surface area contributed by atoms with E-state index in [1.54, 1.807) is 6.20 Å². The Morgan fingerprint density at radius 3 is 2.78 bits per heavy atom. The molecule has 3 aliphatic heterocycles. The van der Waals surface area contributed by atoms with Gasteiger partial charge in [0.1, 0.15) is 5.69 Å². The number of nitrogens with zero attached hydrogens (tertiary/aromatic N) is 3. The van der Waals surface area contributed by atoms with Crippen LogP contribution in [0.1, 0.15) is 41.7 Å². The third-order valence-corrected chi connectivity index (χ3v) is 6.31. The first-order valence-corrected chi connectivity index (χ1v) is 9.76. The summed E-state index contributed by atoms with van der Waals surface area (Å²) in [6, 6.07) is 4.57. The summed E-state index contributed by atoms with van der Waals surface area (Å²) in [5, 5.41) is 16.9. The van der Waals surface area contributed by atoms with Crippen molar-refractivity contribution < 1.29 is 19.8 Å². The number of fused-ring (bicyclic) bond motifs is 4. The molecule has 1 aromatic rings. The molecule has 0 aliphatic carbocycles. The smallest absolute Gasteiger partial charge is 0.290 e. The third kappa shape index (κ3) is 3.99. The van der Waals surface area contributed by atoms with Gasteiger partial charge in [-0.2, -0.15) is 0 Å². The molecule has 0 aromatic carbocycles. The SMILES string of the molecule is Cc1cccnc1C(=O)N1C[C@H]2C[C@@H](C1)[C@H](CO)N1CCCC[C@@H]21.O=CO. The molecule has 4 atom stereocenters. The molecule has 3 aliphatic rings. The van der Waals surface area contributed by atoms with E-state index in [-0.39, 0.29) is 25.0 Å². The van der Waals surface area contributed by atoms with E-state index < -0.39 is 0 Å². The minimum atomic E-state index is -0.250. The first-order valence-electron chi connectivity index (χ1n) is 9.76. The number of carboxylic acid groups (broad SMARTS) is 1. The van der Waals surface area contributed by atoms with E-state index in [4.69, 9.17) is 9.90 Å². The Labute approximate surface area is 160 Å². The molecule has 4 rings (SSSR count). The summed E-state index contributed by atoms with van der Waals surface area (Å²) in [7, 11) is 0. The maximum atomic E-state index is 13.0. The first kappa shape index (κ1) is 19.8. The van der Waals surface area contributed by atoms with E-state index in [9.17, 15) is 9.90 Å². The highest BCUT2D eigenvalue weighted by atomic mass is 16.3. The zero-order valence-corrected chi connectivity index (χ0v) is 15.8. The maximum absolute atomic E-state index is 13.0. The molecule has 0 spiro atoms. The monoisotopic (exact) mass is 375 g/mol. The summed E-state index contributed by atoms with van der Waals surface area (Å²) in [6.07, 6.45) is 6.57. The van der Waals surface area contributed by atoms with Crippen molar-refractivity contribution in [3.8, 4) is 0 Å². The van der Waals surface area contributed by atoms with Crippen LogP contribution in [0.25, 0.3) is 0 Å². The van der Waals surface area contributed by atoms with Crippen LogP contribution in [0.5, 0.6) is 0 Å². The summed E-state index contributed by atoms with van der Waals surface area (Å²) in [5.41, 5.74) is 1.52. The summed E-state index contributed by atoms with van der Waals surface area (Å²) < 4.78 is 0. The van der Waals surface area contributed by atoms with Crippen molar-refractivity contribution in [1.82, 2.24) is 14.8 Å². The van der Waals surface area contributed by atoms with E-state index in [1.807, 2.05) is 24.0 Å². The minimum absolute atomic E-state index is 0.0590. The number of piperidine rings is 3. The molecule has 1 amide bonds. The topological polar surface area (TPSA) is 94.0 Å². The molecule has 7 nitrogen and oxygen atoms in total. The molecule has 148 valence electrons. The fourth-order valence-corrected chi connectivity index (χ4v) is 5.18. The number of carbonyl (C=O) groups is 2. The van der Waals surface area contributed by atoms with Gasteiger partial charge in [-0.25, -0.2) is 0 Å². The van der Waals surface area contributed by atoms with Crippen molar-refractivity contribution >= 4 is 12.4 Å². The zero-order valence-electron chi connectivity index (χ0n) is 15.8. The molecule has 3 fully saturated rings. The van der Waals surface area contributed by atoms with Gasteiger partial charge in [0, 0.05) is 31.4 Å². The standard InChI is InChI=1S/C19H27N3O2.CH2O2/c1-13-5-4-7-20-18(13)19(24)21-10-14-9-15(11-21)17(12-23)22-8-3-2-6-16(14)22;2-1-3/h4-5,7,14-17,23H,2-3,6,8-12H2,1H3;1H,(H,2,3)/t14-,15+,16+,17+;/m1./s1. The average Bonchev–Trinajstić information content (AvgIpc) is 2.69. The Morgan fingerprint density at radius 2 is 2.07 bits per heavy atom. The lowest BCUT2D eigenvalue weighted by atomic mass is 9.72. The molecule has 1 aromatic heterocycles. The van der Waals surface area contributed by atoms with Crippen molar-refractivity contribution in [2.75, 3.05) is 26.2 Å². The van der Waals surface area contributed by atoms with Crippen LogP contribution in [0.3, 0.4) is 0 Å². The number of aliphatic hydroxyl groups is 1. The highest BCUT2D eigenvalue weighted by molar-refractivity contribution is 5.93. The Morgan fingerprint density at radius 1 is 1.33 bits per heavy atom. The van der Waals surface area contributed by atoms with Crippen LogP contribution < -0.4 is 0 Å². The molecule has 4 heterocycles. The number of carbonyl (C=O) groups excluding carboxylic acids is 1. The largest absolute Gasteiger partial charge is 0.483 e. The van der Waals surface area contributed by atoms with Crippen LogP contribution in [0.2, 0.25) is 0 Å². The predicted molar refractivity (Wildman–Crippen MR) is 100 cm³/mol. The highest BCUT2D eigenvalue weighted by Gasteiger charge is 2.47. The second kappa shape index (κ2) is 8.80. The van der Waals surface area contributed by atoms with Crippen LogP contribution in [0.15, 0.2) is 18.3 Å². The van der Waals surface area contributed by atoms with Crippen LogP contribution in [0, 0.1) is 18.8 Å². The highest BCUT2D eigenvalue weighted by Crippen LogP contribution is 2.41. The summed E-state index contributed by atoms with van der Waals surface area (Å²) >= 11 is 0. The molecule has 0 radical (unpaired) electrons. The number of likely N-dealkylation sites (tertiary alicyclic amines) is 1. The van der Waals surface area contributed by atoms with Gasteiger partial charge in [-0.1, -0.05) is 12.5 Å². The average molecular weight is 375 g/mol. The van der Waals surface area contributed by atoms with Gasteiger partial charge in [-0.3, -0.25) is 19.5 Å². The van der Waals surface area contributed by atoms with Crippen molar-refractivity contribution in [3.63, 3.8) is 0 Å². The zero-order chi connectivity index (χ0) is 19.4. The van der Waals surface area contributed by atoms with Crippen molar-refractivity contribution in [3.05, 3.63) is 29.6 Å². The summed E-state index contributed by atoms with van der Waals surface area (Å²) in [5.74, 6) is 0.986. The second-order valence-corrected chi connectivity index (χ2v) is 7.79. The van der Waals surface area contributed by atoms with E-state index in [2.05, 4.69) is 9.88 Å². The number of aliphatic hydroxyl groups excluding tert-OH is 1. The lowest BCUT2D eigenvalue weighted by molar-refractivity contribution is -0.122. The van der Waals surface area contributed by atoms with Gasteiger partial charge in [0.15, 0.2) is 0 Å². The van der Waals surface area contributed by atoms with Gasteiger partial charge in [-0.05, 0) is 56.2 Å². The fraction of sp³-hybridized carbons (Fsp3) is 0.650. The molecule has 3 saturated heterocycles.